The second kappa shape index (κ2) is 12.5. The Balaban J connectivity index is 2.13. The zero-order valence-corrected chi connectivity index (χ0v) is 19.9. The number of phenolic OH excluding ortho intramolecular Hbond substituents is 1. The molecule has 0 bridgehead atoms. The zero-order valence-electron chi connectivity index (χ0n) is 18.4. The van der Waals surface area contributed by atoms with Gasteiger partial charge in [0.2, 0.25) is 0 Å². The number of ether oxygens (including phenoxy) is 2. The Hall–Kier alpha value is -2.48. The van der Waals surface area contributed by atoms with Gasteiger partial charge in [0.25, 0.3) is 5.91 Å². The predicted octanol–water partition coefficient (Wildman–Crippen LogP) is 3.93. The number of aromatic hydroxyl groups is 1. The highest BCUT2D eigenvalue weighted by Crippen LogP contribution is 2.42. The molecule has 0 spiro atoms. The van der Waals surface area contributed by atoms with Crippen LogP contribution >= 0.6 is 23.2 Å². The van der Waals surface area contributed by atoms with E-state index in [1.807, 2.05) is 44.4 Å². The van der Waals surface area contributed by atoms with Crippen molar-refractivity contribution in [3.63, 3.8) is 0 Å². The summed E-state index contributed by atoms with van der Waals surface area (Å²) in [7, 11) is 5.21. The van der Waals surface area contributed by atoms with Gasteiger partial charge in [-0.25, -0.2) is 4.79 Å². The van der Waals surface area contributed by atoms with Crippen molar-refractivity contribution in [2.45, 2.75) is 25.3 Å². The molecule has 0 saturated carbocycles. The highest BCUT2D eigenvalue weighted by molar-refractivity contribution is 6.39. The Morgan fingerprint density at radius 2 is 1.84 bits per heavy atom. The molecule has 32 heavy (non-hydrogen) atoms. The molecule has 0 fully saturated rings. The van der Waals surface area contributed by atoms with Crippen LogP contribution in [0, 0.1) is 0 Å². The number of unbranched alkanes of at least 4 members (excludes halogenated alkanes) is 1. The minimum absolute atomic E-state index is 0.0863. The number of amides is 1. The van der Waals surface area contributed by atoms with Crippen molar-refractivity contribution in [1.82, 2.24) is 10.2 Å². The fourth-order valence-corrected chi connectivity index (χ4v) is 3.59. The van der Waals surface area contributed by atoms with E-state index >= 15 is 0 Å². The lowest BCUT2D eigenvalue weighted by Crippen LogP contribution is -2.43. The third kappa shape index (κ3) is 7.29. The highest BCUT2D eigenvalue weighted by atomic mass is 35.5. The second-order valence-corrected chi connectivity index (χ2v) is 8.28. The Bertz CT molecular complexity index is 922. The maximum atomic E-state index is 12.8. The predicted molar refractivity (Wildman–Crippen MR) is 125 cm³/mol. The van der Waals surface area contributed by atoms with Gasteiger partial charge in [-0.05, 0) is 45.1 Å². The van der Waals surface area contributed by atoms with Crippen molar-refractivity contribution in [3.05, 3.63) is 57.6 Å². The standard InChI is InChI=1S/C23H28Cl2N2O5/c1-27(2)11-7-8-12-32-21-17(24)14-16(20(28)19(21)25)22(29)26-18(23(30)31-3)13-15-9-5-4-6-10-15/h4-6,9-10,14,18,28H,7-8,11-13H2,1-3H3,(H,26,29). The topological polar surface area (TPSA) is 88.1 Å². The number of nitrogens with zero attached hydrogens (tertiary/aromatic N) is 1. The van der Waals surface area contributed by atoms with Gasteiger partial charge in [0.05, 0.1) is 24.3 Å². The summed E-state index contributed by atoms with van der Waals surface area (Å²) in [5, 5.41) is 13.0. The van der Waals surface area contributed by atoms with Crippen LogP contribution in [-0.4, -0.2) is 62.3 Å². The molecule has 0 saturated heterocycles. The first kappa shape index (κ1) is 25.8. The normalized spacial score (nSPS) is 11.8. The Morgan fingerprint density at radius 3 is 2.47 bits per heavy atom. The number of carbonyl (C=O) groups excluding carboxylic acids is 2. The van der Waals surface area contributed by atoms with Crippen molar-refractivity contribution in [3.8, 4) is 11.5 Å². The summed E-state index contributed by atoms with van der Waals surface area (Å²) in [6, 6.07) is 9.48. The number of hydrogen-bond acceptors (Lipinski definition) is 6. The van der Waals surface area contributed by atoms with E-state index in [4.69, 9.17) is 32.7 Å². The fraction of sp³-hybridized carbons (Fsp3) is 0.391. The molecule has 0 aliphatic carbocycles. The lowest BCUT2D eigenvalue weighted by Gasteiger charge is -2.18. The number of benzene rings is 2. The minimum Gasteiger partial charge on any atom is -0.505 e. The van der Waals surface area contributed by atoms with Crippen LogP contribution in [0.1, 0.15) is 28.8 Å². The van der Waals surface area contributed by atoms with Crippen molar-refractivity contribution in [2.75, 3.05) is 34.4 Å². The van der Waals surface area contributed by atoms with E-state index in [0.717, 1.165) is 24.9 Å². The first-order chi connectivity index (χ1) is 15.2. The molecular weight excluding hydrogens is 455 g/mol. The average Bonchev–Trinajstić information content (AvgIpc) is 2.77. The van der Waals surface area contributed by atoms with Crippen LogP contribution in [-0.2, 0) is 16.0 Å². The van der Waals surface area contributed by atoms with Gasteiger partial charge < -0.3 is 24.8 Å². The molecule has 0 aromatic heterocycles. The van der Waals surface area contributed by atoms with Crippen LogP contribution in [0.4, 0.5) is 0 Å². The van der Waals surface area contributed by atoms with E-state index in [1.165, 1.54) is 13.2 Å². The van der Waals surface area contributed by atoms with Crippen molar-refractivity contribution in [2.24, 2.45) is 0 Å². The molecule has 1 unspecified atom stereocenters. The van der Waals surface area contributed by atoms with Gasteiger partial charge in [-0.15, -0.1) is 0 Å². The molecule has 0 aliphatic rings. The number of rotatable bonds is 11. The van der Waals surface area contributed by atoms with E-state index < -0.39 is 23.7 Å². The van der Waals surface area contributed by atoms with Crippen LogP contribution < -0.4 is 10.1 Å². The van der Waals surface area contributed by atoms with Gasteiger partial charge in [-0.2, -0.15) is 0 Å². The summed E-state index contributed by atoms with van der Waals surface area (Å²) in [4.78, 5) is 27.1. The van der Waals surface area contributed by atoms with Gasteiger partial charge in [0.1, 0.15) is 11.1 Å². The summed E-state index contributed by atoms with van der Waals surface area (Å²) in [5.74, 6) is -1.69. The van der Waals surface area contributed by atoms with Crippen LogP contribution in [0.3, 0.4) is 0 Å². The Labute approximate surface area is 198 Å². The maximum absolute atomic E-state index is 12.8. The summed E-state index contributed by atoms with van der Waals surface area (Å²) >= 11 is 12.5. The largest absolute Gasteiger partial charge is 0.505 e. The van der Waals surface area contributed by atoms with Crippen LogP contribution in [0.25, 0.3) is 0 Å². The lowest BCUT2D eigenvalue weighted by atomic mass is 10.1. The van der Waals surface area contributed by atoms with E-state index in [-0.39, 0.29) is 27.8 Å². The first-order valence-electron chi connectivity index (χ1n) is 10.2. The van der Waals surface area contributed by atoms with E-state index in [0.29, 0.717) is 6.61 Å². The molecule has 7 nitrogen and oxygen atoms in total. The molecule has 2 aromatic carbocycles. The Kier molecular flexibility index (Phi) is 10.1. The molecule has 2 rings (SSSR count). The van der Waals surface area contributed by atoms with Crippen LogP contribution in [0.2, 0.25) is 10.0 Å². The number of hydrogen-bond donors (Lipinski definition) is 2. The van der Waals surface area contributed by atoms with Crippen LogP contribution in [0.5, 0.6) is 11.5 Å². The summed E-state index contributed by atoms with van der Waals surface area (Å²) in [6.45, 7) is 1.28. The van der Waals surface area contributed by atoms with Crippen molar-refractivity contribution >= 4 is 35.1 Å². The van der Waals surface area contributed by atoms with Gasteiger partial charge in [0.15, 0.2) is 11.5 Å². The first-order valence-corrected chi connectivity index (χ1v) is 10.9. The fourth-order valence-electron chi connectivity index (χ4n) is 3.02. The molecule has 1 atom stereocenters. The minimum atomic E-state index is -0.959. The molecule has 9 heteroatoms. The number of phenols is 1. The summed E-state index contributed by atoms with van der Waals surface area (Å²) in [6.07, 6.45) is 1.91. The monoisotopic (exact) mass is 482 g/mol. The number of nitrogens with one attached hydrogen (secondary N) is 1. The molecule has 2 aromatic rings. The third-order valence-electron chi connectivity index (χ3n) is 4.71. The summed E-state index contributed by atoms with van der Waals surface area (Å²) < 4.78 is 10.4. The van der Waals surface area contributed by atoms with E-state index in [2.05, 4.69) is 10.2 Å². The highest BCUT2D eigenvalue weighted by Gasteiger charge is 2.26. The van der Waals surface area contributed by atoms with Gasteiger partial charge in [0, 0.05) is 6.42 Å². The molecular formula is C23H28Cl2N2O5. The SMILES string of the molecule is COC(=O)C(Cc1ccccc1)NC(=O)c1cc(Cl)c(OCCCCN(C)C)c(Cl)c1O. The maximum Gasteiger partial charge on any atom is 0.328 e. The smallest absolute Gasteiger partial charge is 0.328 e. The van der Waals surface area contributed by atoms with Crippen molar-refractivity contribution < 1.29 is 24.2 Å². The number of carbonyl (C=O) groups is 2. The molecule has 174 valence electrons. The lowest BCUT2D eigenvalue weighted by molar-refractivity contribution is -0.142. The molecule has 0 heterocycles. The van der Waals surface area contributed by atoms with Gasteiger partial charge in [-0.1, -0.05) is 53.5 Å². The molecule has 0 aliphatic heterocycles. The average molecular weight is 483 g/mol. The molecule has 1 amide bonds. The van der Waals surface area contributed by atoms with Gasteiger partial charge >= 0.3 is 5.97 Å². The van der Waals surface area contributed by atoms with Crippen molar-refractivity contribution in [1.29, 1.82) is 0 Å². The molecule has 2 N–H and O–H groups in total. The third-order valence-corrected chi connectivity index (χ3v) is 5.35. The Morgan fingerprint density at radius 1 is 1.16 bits per heavy atom. The number of methoxy groups -OCH3 is 1. The quantitative estimate of drug-likeness (QED) is 0.372. The molecule has 0 radical (unpaired) electrons. The van der Waals surface area contributed by atoms with E-state index in [9.17, 15) is 14.7 Å². The van der Waals surface area contributed by atoms with Gasteiger partial charge in [-0.3, -0.25) is 4.79 Å². The number of halogens is 2. The van der Waals surface area contributed by atoms with Crippen LogP contribution in [0.15, 0.2) is 36.4 Å². The van der Waals surface area contributed by atoms with E-state index in [1.54, 1.807) is 0 Å². The summed E-state index contributed by atoms with van der Waals surface area (Å²) in [5.41, 5.74) is 0.670. The zero-order chi connectivity index (χ0) is 23.7. The second-order valence-electron chi connectivity index (χ2n) is 7.50. The number of esters is 1.